The highest BCUT2D eigenvalue weighted by molar-refractivity contribution is 6.32. The van der Waals surface area contributed by atoms with Gasteiger partial charge in [-0.15, -0.1) is 0 Å². The molecule has 11 aromatic carbocycles. The van der Waals surface area contributed by atoms with E-state index in [9.17, 15) is 0 Å². The molecule has 4 nitrogen and oxygen atoms in total. The molecular formula is C76H58N4. The molecule has 382 valence electrons. The van der Waals surface area contributed by atoms with E-state index >= 15 is 0 Å². The summed E-state index contributed by atoms with van der Waals surface area (Å²) < 4.78 is 5.16. The van der Waals surface area contributed by atoms with Crippen molar-refractivity contribution in [3.63, 3.8) is 0 Å². The van der Waals surface area contributed by atoms with Gasteiger partial charge in [-0.1, -0.05) is 161 Å². The zero-order valence-electron chi connectivity index (χ0n) is 46.4. The lowest BCUT2D eigenvalue weighted by Gasteiger charge is -2.30. The van der Waals surface area contributed by atoms with Gasteiger partial charge in [-0.3, -0.25) is 0 Å². The minimum Gasteiger partial charge on any atom is -0.310 e. The van der Waals surface area contributed by atoms with Gasteiger partial charge in [0.2, 0.25) is 0 Å². The van der Waals surface area contributed by atoms with Crippen molar-refractivity contribution in [2.45, 2.75) is 66.2 Å². The Hall–Kier alpha value is -9.38. The second-order valence-corrected chi connectivity index (χ2v) is 24.4. The van der Waals surface area contributed by atoms with Crippen LogP contribution in [0.5, 0.6) is 0 Å². The van der Waals surface area contributed by atoms with Gasteiger partial charge in [-0.05, 0) is 167 Å². The minimum atomic E-state index is -0.140. The van der Waals surface area contributed by atoms with E-state index in [-0.39, 0.29) is 10.8 Å². The minimum absolute atomic E-state index is 0.140. The van der Waals surface area contributed by atoms with E-state index in [0.717, 1.165) is 0 Å². The first-order chi connectivity index (χ1) is 38.9. The monoisotopic (exact) mass is 1030 g/mol. The Balaban J connectivity index is 0.918. The highest BCUT2D eigenvalue weighted by Gasteiger charge is 2.38. The summed E-state index contributed by atoms with van der Waals surface area (Å²) in [7, 11) is 0. The molecule has 0 atom stereocenters. The Kier molecular flexibility index (Phi) is 8.94. The van der Waals surface area contributed by atoms with Crippen LogP contribution >= 0.6 is 0 Å². The maximum Gasteiger partial charge on any atom is 0.0641 e. The van der Waals surface area contributed by atoms with Gasteiger partial charge >= 0.3 is 0 Å². The van der Waals surface area contributed by atoms with Crippen LogP contribution in [0.25, 0.3) is 98.4 Å². The highest BCUT2D eigenvalue weighted by Crippen LogP contribution is 2.56. The number of fused-ring (bicyclic) bond motifs is 18. The SMILES string of the molecule is Cc1ccc(C)c(N(c2ccc3c(c2)C(C)(C)c2ccccc2-3)c2ccc3c4cc5c(cc4n4c6ccccc6c2c34)c2ccc(N(c3ccc4c(c3)C(C)(C)c3ccccc3-4)c3cc(C)ccc3C)c3c4ccccc4n5c23)c1. The molecule has 4 aromatic heterocycles. The van der Waals surface area contributed by atoms with E-state index in [2.05, 4.69) is 280 Å². The molecule has 0 radical (unpaired) electrons. The van der Waals surface area contributed by atoms with Gasteiger partial charge < -0.3 is 18.6 Å². The average molecular weight is 1030 g/mol. The number of hydrogen-bond donors (Lipinski definition) is 0. The van der Waals surface area contributed by atoms with Crippen LogP contribution in [0.15, 0.2) is 206 Å². The molecule has 17 rings (SSSR count). The van der Waals surface area contributed by atoms with Crippen molar-refractivity contribution in [1.29, 1.82) is 0 Å². The number of nitrogens with zero attached hydrogens (tertiary/aromatic N) is 4. The molecule has 0 spiro atoms. The molecule has 0 N–H and O–H groups in total. The average Bonchev–Trinajstić information content (AvgIpc) is 3.58. The Morgan fingerprint density at radius 3 is 1.15 bits per heavy atom. The van der Waals surface area contributed by atoms with E-state index in [1.54, 1.807) is 0 Å². The fourth-order valence-electron chi connectivity index (χ4n) is 15.2. The molecular weight excluding hydrogens is 969 g/mol. The number of aromatic nitrogens is 2. The predicted octanol–water partition coefficient (Wildman–Crippen LogP) is 20.8. The number of hydrogen-bond acceptors (Lipinski definition) is 2. The van der Waals surface area contributed by atoms with E-state index in [4.69, 9.17) is 0 Å². The van der Waals surface area contributed by atoms with Crippen molar-refractivity contribution >= 4 is 110 Å². The van der Waals surface area contributed by atoms with Crippen molar-refractivity contribution in [2.24, 2.45) is 0 Å². The molecule has 4 heterocycles. The van der Waals surface area contributed by atoms with Gasteiger partial charge in [0.1, 0.15) is 0 Å². The fourth-order valence-corrected chi connectivity index (χ4v) is 15.2. The number of benzene rings is 11. The quantitative estimate of drug-likeness (QED) is 0.165. The Labute approximate surface area is 465 Å². The standard InChI is InChI=1S/C76H58N4/c1-43-25-27-45(3)67(37-43)77(47-29-31-51-49-17-9-13-21-59(49)75(5,6)61(51)39-47)65-35-33-53-57-41-70-58(42-69(57)79-63-23-15-11-19-55(63)71(65)73(53)79)54-34-36-66(72-56-20-12-16-24-64(56)80(70)74(54)72)78(68-38-44(2)26-28-46(68)4)48-30-32-52-50-18-10-14-22-60(50)76(7,8)62(52)40-48/h9-42H,1-8H3. The lowest BCUT2D eigenvalue weighted by Crippen LogP contribution is -2.17. The summed E-state index contributed by atoms with van der Waals surface area (Å²) >= 11 is 0. The Morgan fingerprint density at radius 1 is 0.300 bits per heavy atom. The second-order valence-electron chi connectivity index (χ2n) is 24.4. The molecule has 0 amide bonds. The topological polar surface area (TPSA) is 15.3 Å². The normalized spacial score (nSPS) is 14.2. The molecule has 0 unspecified atom stereocenters. The molecule has 0 bridgehead atoms. The molecule has 80 heavy (non-hydrogen) atoms. The van der Waals surface area contributed by atoms with Crippen molar-refractivity contribution in [1.82, 2.24) is 8.80 Å². The molecule has 0 saturated carbocycles. The van der Waals surface area contributed by atoms with Gasteiger partial charge in [0.15, 0.2) is 0 Å². The van der Waals surface area contributed by atoms with Gasteiger partial charge in [-0.2, -0.15) is 0 Å². The Bertz CT molecular complexity index is 4870. The first kappa shape index (κ1) is 45.6. The first-order valence-electron chi connectivity index (χ1n) is 28.4. The molecule has 0 aliphatic heterocycles. The van der Waals surface area contributed by atoms with Gasteiger partial charge in [0.05, 0.1) is 44.5 Å². The predicted molar refractivity (Wildman–Crippen MR) is 339 cm³/mol. The van der Waals surface area contributed by atoms with E-state index in [0.29, 0.717) is 0 Å². The highest BCUT2D eigenvalue weighted by atomic mass is 15.2. The van der Waals surface area contributed by atoms with Crippen molar-refractivity contribution in [3.8, 4) is 22.3 Å². The van der Waals surface area contributed by atoms with Crippen LogP contribution < -0.4 is 9.80 Å². The van der Waals surface area contributed by atoms with Crippen LogP contribution in [-0.4, -0.2) is 8.80 Å². The summed E-state index contributed by atoms with van der Waals surface area (Å²) in [6.07, 6.45) is 0. The Morgan fingerprint density at radius 2 is 0.700 bits per heavy atom. The fraction of sp³-hybridized carbons (Fsp3) is 0.132. The second kappa shape index (κ2) is 15.7. The van der Waals surface area contributed by atoms with E-state index < -0.39 is 0 Å². The number of anilines is 6. The molecule has 4 heteroatoms. The van der Waals surface area contributed by atoms with Crippen LogP contribution in [0.2, 0.25) is 0 Å². The number of rotatable bonds is 6. The molecule has 2 aliphatic rings. The number of para-hydroxylation sites is 2. The van der Waals surface area contributed by atoms with Crippen LogP contribution in [0.3, 0.4) is 0 Å². The third kappa shape index (κ3) is 5.80. The summed E-state index contributed by atoms with van der Waals surface area (Å²) in [5.74, 6) is 0. The first-order valence-corrected chi connectivity index (χ1v) is 28.4. The summed E-state index contributed by atoms with van der Waals surface area (Å²) in [4.78, 5) is 5.11. The summed E-state index contributed by atoms with van der Waals surface area (Å²) in [6.45, 7) is 18.5. The summed E-state index contributed by atoms with van der Waals surface area (Å²) in [5.41, 5.74) is 30.0. The third-order valence-corrected chi connectivity index (χ3v) is 19.1. The van der Waals surface area contributed by atoms with E-state index in [1.165, 1.54) is 177 Å². The third-order valence-electron chi connectivity index (χ3n) is 19.1. The van der Waals surface area contributed by atoms with Gasteiger partial charge in [0.25, 0.3) is 0 Å². The zero-order chi connectivity index (χ0) is 53.8. The van der Waals surface area contributed by atoms with Crippen molar-refractivity contribution in [3.05, 3.63) is 251 Å². The maximum atomic E-state index is 2.58. The summed E-state index contributed by atoms with van der Waals surface area (Å²) in [6, 6.07) is 79.0. The largest absolute Gasteiger partial charge is 0.310 e. The van der Waals surface area contributed by atoms with E-state index in [1.807, 2.05) is 0 Å². The van der Waals surface area contributed by atoms with Crippen molar-refractivity contribution < 1.29 is 0 Å². The smallest absolute Gasteiger partial charge is 0.0641 e. The molecule has 15 aromatic rings. The zero-order valence-corrected chi connectivity index (χ0v) is 46.4. The van der Waals surface area contributed by atoms with Gasteiger partial charge in [0, 0.05) is 76.7 Å². The van der Waals surface area contributed by atoms with Crippen LogP contribution in [0.4, 0.5) is 34.1 Å². The number of aryl methyl sites for hydroxylation is 4. The van der Waals surface area contributed by atoms with Crippen LogP contribution in [0, 0.1) is 27.7 Å². The van der Waals surface area contributed by atoms with Crippen LogP contribution in [-0.2, 0) is 10.8 Å². The lowest BCUT2D eigenvalue weighted by molar-refractivity contribution is 0.660. The summed E-state index contributed by atoms with van der Waals surface area (Å²) in [5, 5.41) is 10.1. The maximum absolute atomic E-state index is 2.58. The lowest BCUT2D eigenvalue weighted by atomic mass is 9.82. The van der Waals surface area contributed by atoms with Crippen LogP contribution in [0.1, 0.15) is 72.2 Å². The molecule has 2 aliphatic carbocycles. The molecule has 0 saturated heterocycles. The van der Waals surface area contributed by atoms with Gasteiger partial charge in [-0.25, -0.2) is 0 Å². The van der Waals surface area contributed by atoms with Crippen molar-refractivity contribution in [2.75, 3.05) is 9.80 Å². The molecule has 0 fully saturated rings.